The van der Waals surface area contributed by atoms with Crippen molar-refractivity contribution >= 4 is 57.2 Å². The number of aryl methyl sites for hydroxylation is 2. The van der Waals surface area contributed by atoms with Crippen LogP contribution < -0.4 is 26.2 Å². The quantitative estimate of drug-likeness (QED) is 0.160. The second-order valence-corrected chi connectivity index (χ2v) is 25.4. The Hall–Kier alpha value is -4.24. The molecular weight excluding hydrogens is 747 g/mol. The van der Waals surface area contributed by atoms with Gasteiger partial charge in [0, 0.05) is 38.2 Å². The predicted octanol–water partition coefficient (Wildman–Crippen LogP) is 14.3. The number of fused-ring (bicyclic) bond motifs is 7. The van der Waals surface area contributed by atoms with Crippen molar-refractivity contribution in [2.24, 2.45) is 0 Å². The Bertz CT molecular complexity index is 2860. The minimum Gasteiger partial charge on any atom is -0.311 e. The molecule has 0 N–H and O–H groups in total. The lowest BCUT2D eigenvalue weighted by Gasteiger charge is -2.47. The summed E-state index contributed by atoms with van der Waals surface area (Å²) in [5.41, 5.74) is 21.6. The van der Waals surface area contributed by atoms with E-state index in [0.717, 1.165) is 60.5 Å². The third kappa shape index (κ3) is 5.94. The molecule has 0 fully saturated rings. The molecule has 0 aromatic heterocycles. The van der Waals surface area contributed by atoms with Crippen LogP contribution in [0.15, 0.2) is 72.8 Å². The maximum atomic E-state index is 9.15. The van der Waals surface area contributed by atoms with Crippen LogP contribution in [0.4, 0.5) is 34.1 Å². The van der Waals surface area contributed by atoms with Gasteiger partial charge in [0.2, 0.25) is 0 Å². The van der Waals surface area contributed by atoms with Gasteiger partial charge in [-0.25, -0.2) is 0 Å². The molecule has 0 atom stereocenters. The first kappa shape index (κ1) is 38.2. The maximum absolute atomic E-state index is 9.15. The van der Waals surface area contributed by atoms with Gasteiger partial charge in [-0.3, -0.25) is 0 Å². The fourth-order valence-electron chi connectivity index (χ4n) is 13.1. The highest BCUT2D eigenvalue weighted by Gasteiger charge is 2.49. The first-order valence-electron chi connectivity index (χ1n) is 25.3. The molecule has 5 aliphatic rings. The zero-order valence-electron chi connectivity index (χ0n) is 43.9. The summed E-state index contributed by atoms with van der Waals surface area (Å²) in [6, 6.07) is 28.6. The Morgan fingerprint density at radius 1 is 0.484 bits per heavy atom. The van der Waals surface area contributed by atoms with E-state index in [9.17, 15) is 0 Å². The van der Waals surface area contributed by atoms with Crippen LogP contribution in [0, 0.1) is 13.8 Å². The molecule has 2 aliphatic heterocycles. The Kier molecular flexibility index (Phi) is 7.85. The molecule has 0 amide bonds. The van der Waals surface area contributed by atoms with E-state index in [-0.39, 0.29) is 44.6 Å². The molecule has 3 aliphatic carbocycles. The van der Waals surface area contributed by atoms with Gasteiger partial charge in [-0.15, -0.1) is 0 Å². The van der Waals surface area contributed by atoms with Gasteiger partial charge in [0.05, 0.1) is 0 Å². The Morgan fingerprint density at radius 3 is 1.58 bits per heavy atom. The average Bonchev–Trinajstić information content (AvgIpc) is 3.38. The van der Waals surface area contributed by atoms with Crippen molar-refractivity contribution in [3.05, 3.63) is 123 Å². The van der Waals surface area contributed by atoms with Gasteiger partial charge in [0.1, 0.15) is 0 Å². The molecule has 0 saturated carbocycles. The van der Waals surface area contributed by atoms with Crippen molar-refractivity contribution in [1.29, 1.82) is 0 Å². The lowest BCUT2D eigenvalue weighted by Crippen LogP contribution is -2.61. The molecule has 0 spiro atoms. The monoisotopic (exact) mass is 824 g/mol. The number of benzene rings is 5. The van der Waals surface area contributed by atoms with E-state index < -0.39 is 6.85 Å². The summed E-state index contributed by atoms with van der Waals surface area (Å²) in [4.78, 5) is 4.97. The molecule has 2 heterocycles. The van der Waals surface area contributed by atoms with Gasteiger partial charge in [-0.05, 0) is 193 Å². The highest BCUT2D eigenvalue weighted by atomic mass is 15.2. The van der Waals surface area contributed by atoms with Crippen molar-refractivity contribution in [2.75, 3.05) is 9.80 Å². The molecule has 0 unspecified atom stereocenters. The SMILES string of the molecule is [2H]C([2H])([2H])c1cc2c3c(c1)N(c1cc4c(cc1C)C(C)(C)CCC4(C)C)c1cc4c(cc1B3c1ccc(C(C)(C)C)cc1N2c1ccc2c(c1)C(C)(C)CCC2(C)C)C(C)(C)CC4(C)C. The summed E-state index contributed by atoms with van der Waals surface area (Å²) in [7, 11) is 0. The second-order valence-electron chi connectivity index (χ2n) is 25.4. The van der Waals surface area contributed by atoms with Gasteiger partial charge in [-0.1, -0.05) is 134 Å². The van der Waals surface area contributed by atoms with Gasteiger partial charge < -0.3 is 9.80 Å². The molecule has 10 rings (SSSR count). The van der Waals surface area contributed by atoms with Gasteiger partial charge in [0.15, 0.2) is 0 Å². The lowest BCUT2D eigenvalue weighted by atomic mass is 9.33. The van der Waals surface area contributed by atoms with E-state index in [1.807, 2.05) is 12.1 Å². The highest BCUT2D eigenvalue weighted by Crippen LogP contribution is 2.55. The number of hydrogen-bond donors (Lipinski definition) is 0. The molecule has 2 nitrogen and oxygen atoms in total. The van der Waals surface area contributed by atoms with E-state index in [1.54, 1.807) is 0 Å². The van der Waals surface area contributed by atoms with E-state index in [2.05, 4.69) is 181 Å². The second kappa shape index (κ2) is 12.7. The van der Waals surface area contributed by atoms with Crippen LogP contribution >= 0.6 is 0 Å². The van der Waals surface area contributed by atoms with Crippen molar-refractivity contribution in [3.8, 4) is 0 Å². The maximum Gasteiger partial charge on any atom is 0.252 e. The molecule has 3 heteroatoms. The Balaban J connectivity index is 1.36. The molecule has 5 aromatic carbocycles. The van der Waals surface area contributed by atoms with Crippen LogP contribution in [0.3, 0.4) is 0 Å². The Labute approximate surface area is 380 Å². The third-order valence-electron chi connectivity index (χ3n) is 16.9. The Morgan fingerprint density at radius 2 is 0.984 bits per heavy atom. The number of rotatable bonds is 2. The minimum atomic E-state index is -2.34. The molecule has 322 valence electrons. The largest absolute Gasteiger partial charge is 0.311 e. The summed E-state index contributed by atoms with van der Waals surface area (Å²) in [5.74, 6) is 0. The van der Waals surface area contributed by atoms with E-state index >= 15 is 0 Å². The van der Waals surface area contributed by atoms with Gasteiger partial charge in [-0.2, -0.15) is 0 Å². The third-order valence-corrected chi connectivity index (χ3v) is 16.9. The summed E-state index contributed by atoms with van der Waals surface area (Å²) in [6.45, 7) is 35.6. The first-order chi connectivity index (χ1) is 29.8. The first-order valence-corrected chi connectivity index (χ1v) is 23.8. The number of anilines is 6. The normalized spacial score (nSPS) is 22.3. The zero-order chi connectivity index (χ0) is 47.1. The lowest BCUT2D eigenvalue weighted by molar-refractivity contribution is 0.332. The molecule has 0 radical (unpaired) electrons. The van der Waals surface area contributed by atoms with Crippen LogP contribution in [0.2, 0.25) is 0 Å². The zero-order valence-corrected chi connectivity index (χ0v) is 40.9. The molecule has 62 heavy (non-hydrogen) atoms. The fraction of sp³-hybridized carbons (Fsp3) is 0.492. The predicted molar refractivity (Wildman–Crippen MR) is 270 cm³/mol. The number of nitrogens with zero attached hydrogens (tertiary/aromatic N) is 2. The fourth-order valence-corrected chi connectivity index (χ4v) is 13.1. The van der Waals surface area contributed by atoms with E-state index in [0.29, 0.717) is 5.56 Å². The van der Waals surface area contributed by atoms with Crippen molar-refractivity contribution in [1.82, 2.24) is 0 Å². The van der Waals surface area contributed by atoms with Crippen molar-refractivity contribution in [3.63, 3.8) is 0 Å². The molecule has 0 saturated heterocycles. The summed E-state index contributed by atoms with van der Waals surface area (Å²) >= 11 is 0. The summed E-state index contributed by atoms with van der Waals surface area (Å²) in [5, 5.41) is 0. The van der Waals surface area contributed by atoms with Gasteiger partial charge in [0.25, 0.3) is 6.71 Å². The van der Waals surface area contributed by atoms with Crippen LogP contribution in [-0.2, 0) is 37.9 Å². The standard InChI is InChI=1S/C59H73BN2/c1-35-26-50-52-51(27-35)62(47-32-43-40(28-36(47)2)55(8,9)24-25-57(43,12)13)49-33-44-42(58(14,15)34-59(44,16)17)31-46(49)60(52)45-21-18-37(53(3,4)5)29-48(45)61(50)38-19-20-39-41(30-38)56(10,11)23-22-54(39,6)7/h18-21,26-33H,22-25,34H2,1-17H3/i1D3. The van der Waals surface area contributed by atoms with E-state index in [4.69, 9.17) is 4.11 Å². The van der Waals surface area contributed by atoms with Crippen LogP contribution in [0.1, 0.15) is 190 Å². The number of hydrogen-bond acceptors (Lipinski definition) is 2. The summed E-state index contributed by atoms with van der Waals surface area (Å²) in [6.07, 6.45) is 5.59. The van der Waals surface area contributed by atoms with Crippen molar-refractivity contribution in [2.45, 2.75) is 188 Å². The molecular formula is C59H73BN2. The van der Waals surface area contributed by atoms with E-state index in [1.165, 1.54) is 66.6 Å². The molecule has 5 aromatic rings. The average molecular weight is 824 g/mol. The molecule has 0 bridgehead atoms. The van der Waals surface area contributed by atoms with Crippen molar-refractivity contribution < 1.29 is 4.11 Å². The topological polar surface area (TPSA) is 6.48 Å². The van der Waals surface area contributed by atoms with Crippen LogP contribution in [0.25, 0.3) is 0 Å². The summed E-state index contributed by atoms with van der Waals surface area (Å²) < 4.78 is 27.5. The highest BCUT2D eigenvalue weighted by molar-refractivity contribution is 7.00. The van der Waals surface area contributed by atoms with Crippen LogP contribution in [-0.4, -0.2) is 6.71 Å². The van der Waals surface area contributed by atoms with Crippen LogP contribution in [0.5, 0.6) is 0 Å². The minimum absolute atomic E-state index is 0.00173. The smallest absolute Gasteiger partial charge is 0.252 e. The van der Waals surface area contributed by atoms with Gasteiger partial charge >= 0.3 is 0 Å².